The fourth-order valence-corrected chi connectivity index (χ4v) is 1.92. The number of hydrogen-bond acceptors (Lipinski definition) is 6. The molecule has 0 spiro atoms. The molecule has 0 aromatic heterocycles. The minimum Gasteiger partial charge on any atom is -0.292 e. The molecule has 0 fully saturated rings. The smallest absolute Gasteiger partial charge is 0.292 e. The van der Waals surface area contributed by atoms with Crippen molar-refractivity contribution in [3.63, 3.8) is 0 Å². The van der Waals surface area contributed by atoms with Gasteiger partial charge < -0.3 is 0 Å². The number of carbonyl (C=O) groups is 1. The Bertz CT molecular complexity index is 885. The highest BCUT2D eigenvalue weighted by Gasteiger charge is 2.33. The van der Waals surface area contributed by atoms with Gasteiger partial charge in [0.15, 0.2) is 0 Å². The molecule has 1 amide bonds. The molecule has 0 atom stereocenters. The zero-order valence-electron chi connectivity index (χ0n) is 12.6. The zero-order chi connectivity index (χ0) is 19.5. The number of non-ortho nitro benzene ring substituents is 1. The number of anilines is 1. The summed E-state index contributed by atoms with van der Waals surface area (Å²) in [6.45, 7) is 0. The van der Waals surface area contributed by atoms with Gasteiger partial charge in [-0.2, -0.15) is 13.2 Å². The van der Waals surface area contributed by atoms with E-state index >= 15 is 0 Å². The third-order valence-electron chi connectivity index (χ3n) is 3.15. The van der Waals surface area contributed by atoms with Gasteiger partial charge in [-0.15, -0.1) is 0 Å². The summed E-state index contributed by atoms with van der Waals surface area (Å²) in [6.07, 6.45) is -4.77. The van der Waals surface area contributed by atoms with Crippen molar-refractivity contribution < 1.29 is 27.8 Å². The molecule has 0 aliphatic heterocycles. The molecule has 0 unspecified atom stereocenters. The zero-order valence-corrected chi connectivity index (χ0v) is 12.6. The number of rotatable bonds is 5. The quantitative estimate of drug-likeness (QED) is 0.614. The van der Waals surface area contributed by atoms with Crippen molar-refractivity contribution in [2.75, 3.05) is 5.43 Å². The van der Waals surface area contributed by atoms with Crippen LogP contribution in [0, 0.1) is 20.2 Å². The van der Waals surface area contributed by atoms with E-state index in [1.165, 1.54) is 12.1 Å². The van der Waals surface area contributed by atoms with E-state index in [1.807, 2.05) is 5.43 Å². The second-order valence-corrected chi connectivity index (χ2v) is 4.87. The maximum atomic E-state index is 12.6. The van der Waals surface area contributed by atoms with Gasteiger partial charge in [0.2, 0.25) is 0 Å². The minimum atomic E-state index is -4.77. The summed E-state index contributed by atoms with van der Waals surface area (Å²) < 4.78 is 37.9. The van der Waals surface area contributed by atoms with Gasteiger partial charge in [-0.05, 0) is 18.2 Å². The Morgan fingerprint density at radius 1 is 1.00 bits per heavy atom. The number of carbonyl (C=O) groups excluding carboxylic acids is 1. The van der Waals surface area contributed by atoms with Crippen molar-refractivity contribution in [3.05, 3.63) is 73.8 Å². The molecule has 0 radical (unpaired) electrons. The lowest BCUT2D eigenvalue weighted by atomic mass is 10.1. The number of nitrogens with zero attached hydrogens (tertiary/aromatic N) is 2. The third kappa shape index (κ3) is 4.23. The Kier molecular flexibility index (Phi) is 5.05. The van der Waals surface area contributed by atoms with Gasteiger partial charge in [-0.3, -0.25) is 35.9 Å². The highest BCUT2D eigenvalue weighted by Crippen LogP contribution is 2.34. The highest BCUT2D eigenvalue weighted by molar-refractivity contribution is 5.95. The van der Waals surface area contributed by atoms with E-state index in [1.54, 1.807) is 0 Å². The summed E-state index contributed by atoms with van der Waals surface area (Å²) in [5.74, 6) is -0.872. The van der Waals surface area contributed by atoms with Gasteiger partial charge >= 0.3 is 6.18 Å². The molecule has 0 aliphatic carbocycles. The molecule has 2 rings (SSSR count). The van der Waals surface area contributed by atoms with E-state index < -0.39 is 33.2 Å². The average Bonchev–Trinajstić information content (AvgIpc) is 2.58. The van der Waals surface area contributed by atoms with Crippen LogP contribution in [0.5, 0.6) is 0 Å². The lowest BCUT2D eigenvalue weighted by Gasteiger charge is -2.11. The Balaban J connectivity index is 2.21. The van der Waals surface area contributed by atoms with Gasteiger partial charge in [0.05, 0.1) is 15.4 Å². The first-order chi connectivity index (χ1) is 12.1. The lowest BCUT2D eigenvalue weighted by Crippen LogP contribution is -2.29. The van der Waals surface area contributed by atoms with Crippen molar-refractivity contribution >= 4 is 23.0 Å². The van der Waals surface area contributed by atoms with Crippen LogP contribution in [-0.4, -0.2) is 15.8 Å². The predicted molar refractivity (Wildman–Crippen MR) is 82.3 cm³/mol. The minimum absolute atomic E-state index is 0.124. The molecule has 0 saturated heterocycles. The van der Waals surface area contributed by atoms with Gasteiger partial charge in [0.25, 0.3) is 17.3 Å². The number of nitro benzene ring substituents is 2. The number of hydrogen-bond donors (Lipinski definition) is 2. The molecule has 0 saturated carbocycles. The molecule has 0 heterocycles. The normalized spacial score (nSPS) is 10.9. The maximum Gasteiger partial charge on any atom is 0.416 e. The molecule has 0 bridgehead atoms. The van der Waals surface area contributed by atoms with E-state index in [0.717, 1.165) is 18.2 Å². The van der Waals surface area contributed by atoms with E-state index in [-0.39, 0.29) is 16.9 Å². The van der Waals surface area contributed by atoms with Gasteiger partial charge in [-0.25, -0.2) is 0 Å². The summed E-state index contributed by atoms with van der Waals surface area (Å²) in [5, 5.41) is 21.6. The van der Waals surface area contributed by atoms with Crippen molar-refractivity contribution in [3.8, 4) is 0 Å². The Morgan fingerprint density at radius 2 is 1.69 bits per heavy atom. The Labute approximate surface area is 142 Å². The fourth-order valence-electron chi connectivity index (χ4n) is 1.92. The summed E-state index contributed by atoms with van der Waals surface area (Å²) in [4.78, 5) is 31.8. The fraction of sp³-hybridized carbons (Fsp3) is 0.0714. The number of nitro groups is 2. The van der Waals surface area contributed by atoms with Crippen LogP contribution < -0.4 is 10.9 Å². The molecule has 2 aromatic carbocycles. The molecule has 0 aliphatic rings. The van der Waals surface area contributed by atoms with Crippen molar-refractivity contribution in [2.24, 2.45) is 0 Å². The number of alkyl halides is 3. The number of amides is 1. The van der Waals surface area contributed by atoms with Crippen LogP contribution in [0.1, 0.15) is 15.9 Å². The van der Waals surface area contributed by atoms with E-state index in [2.05, 4.69) is 5.43 Å². The maximum absolute atomic E-state index is 12.6. The van der Waals surface area contributed by atoms with Gasteiger partial charge in [-0.1, -0.05) is 6.07 Å². The first-order valence-corrected chi connectivity index (χ1v) is 6.76. The van der Waals surface area contributed by atoms with Crippen LogP contribution in [0.4, 0.5) is 30.2 Å². The van der Waals surface area contributed by atoms with E-state index in [9.17, 15) is 38.2 Å². The van der Waals surface area contributed by atoms with Gasteiger partial charge in [0, 0.05) is 23.8 Å². The molecule has 9 nitrogen and oxygen atoms in total. The summed E-state index contributed by atoms with van der Waals surface area (Å²) in [6, 6.07) is 6.35. The second-order valence-electron chi connectivity index (χ2n) is 4.87. The van der Waals surface area contributed by atoms with E-state index in [0.29, 0.717) is 12.1 Å². The van der Waals surface area contributed by atoms with Crippen molar-refractivity contribution in [1.29, 1.82) is 0 Å². The van der Waals surface area contributed by atoms with Gasteiger partial charge in [0.1, 0.15) is 5.69 Å². The average molecular weight is 370 g/mol. The summed E-state index contributed by atoms with van der Waals surface area (Å²) in [7, 11) is 0. The first kappa shape index (κ1) is 18.6. The van der Waals surface area contributed by atoms with Crippen LogP contribution in [0.3, 0.4) is 0 Å². The van der Waals surface area contributed by atoms with Crippen LogP contribution in [0.25, 0.3) is 0 Å². The highest BCUT2D eigenvalue weighted by atomic mass is 19.4. The number of nitrogens with one attached hydrogen (secondary N) is 2. The third-order valence-corrected chi connectivity index (χ3v) is 3.15. The number of hydrazine groups is 1. The summed E-state index contributed by atoms with van der Waals surface area (Å²) >= 11 is 0. The predicted octanol–water partition coefficient (Wildman–Crippen LogP) is 3.28. The van der Waals surface area contributed by atoms with Crippen LogP contribution in [0.15, 0.2) is 42.5 Å². The van der Waals surface area contributed by atoms with Crippen molar-refractivity contribution in [1.82, 2.24) is 5.43 Å². The largest absolute Gasteiger partial charge is 0.416 e. The Hall–Kier alpha value is -3.70. The topological polar surface area (TPSA) is 127 Å². The lowest BCUT2D eigenvalue weighted by molar-refractivity contribution is -0.384. The molecule has 136 valence electrons. The Morgan fingerprint density at radius 3 is 2.27 bits per heavy atom. The molecular formula is C14H9F3N4O5. The SMILES string of the molecule is O=C(NNc1ccc(C(F)(F)F)cc1[N+](=O)[O-])c1cccc([N+](=O)[O-])c1. The monoisotopic (exact) mass is 370 g/mol. The van der Waals surface area contributed by atoms with Crippen molar-refractivity contribution in [2.45, 2.75) is 6.18 Å². The summed E-state index contributed by atoms with van der Waals surface area (Å²) in [5.41, 5.74) is 1.19. The first-order valence-electron chi connectivity index (χ1n) is 6.76. The second kappa shape index (κ2) is 7.04. The number of benzene rings is 2. The standard InChI is InChI=1S/C14H9F3N4O5/c15-14(16,17)9-4-5-11(12(7-9)21(25)26)18-19-13(22)8-2-1-3-10(6-8)20(23)24/h1-7,18H,(H,19,22). The number of halogens is 3. The van der Waals surface area contributed by atoms with E-state index in [4.69, 9.17) is 0 Å². The molecule has 12 heteroatoms. The molecule has 26 heavy (non-hydrogen) atoms. The molecular weight excluding hydrogens is 361 g/mol. The molecule has 2 aromatic rings. The van der Waals surface area contributed by atoms with Crippen LogP contribution in [-0.2, 0) is 6.18 Å². The van der Waals surface area contributed by atoms with Crippen LogP contribution in [0.2, 0.25) is 0 Å². The van der Waals surface area contributed by atoms with Crippen LogP contribution >= 0.6 is 0 Å². The molecule has 2 N–H and O–H groups in total.